The largest absolute Gasteiger partial charge is 0.323 e. The Bertz CT molecular complexity index is 525. The Hall–Kier alpha value is -2.11. The van der Waals surface area contributed by atoms with Crippen molar-refractivity contribution >= 4 is 16.7 Å². The van der Waals surface area contributed by atoms with Crippen LogP contribution in [0.25, 0.3) is 11.0 Å². The lowest BCUT2D eigenvalue weighted by Gasteiger charge is -1.89. The lowest BCUT2D eigenvalue weighted by Crippen LogP contribution is -1.99. The minimum atomic E-state index is -0.565. The molecule has 6 heteroatoms. The molecule has 0 saturated heterocycles. The smallest absolute Gasteiger partial charge is 0.306 e. The molecular formula is C7H4N3O3. The Morgan fingerprint density at radius 2 is 2.08 bits per heavy atom. The molecule has 0 amide bonds. The van der Waals surface area contributed by atoms with Crippen LogP contribution in [0, 0.1) is 16.2 Å². The number of rotatable bonds is 1. The van der Waals surface area contributed by atoms with Gasteiger partial charge in [-0.3, -0.25) is 10.1 Å². The second kappa shape index (κ2) is 2.44. The topological polar surface area (TPSA) is 91.8 Å². The molecule has 0 aliphatic heterocycles. The number of fused-ring (bicyclic) bond motifs is 1. The van der Waals surface area contributed by atoms with Gasteiger partial charge >= 0.3 is 5.69 Å². The highest BCUT2D eigenvalue weighted by molar-refractivity contribution is 5.76. The molecule has 0 spiro atoms. The van der Waals surface area contributed by atoms with Crippen LogP contribution in [-0.2, 0) is 0 Å². The fourth-order valence-corrected chi connectivity index (χ4v) is 1.07. The van der Waals surface area contributed by atoms with Crippen molar-refractivity contribution < 1.29 is 4.92 Å². The molecule has 0 unspecified atom stereocenters. The summed E-state index contributed by atoms with van der Waals surface area (Å²) in [5.74, 6) is 0. The van der Waals surface area contributed by atoms with Crippen molar-refractivity contribution in [1.29, 1.82) is 0 Å². The van der Waals surface area contributed by atoms with Gasteiger partial charge in [0.2, 0.25) is 0 Å². The molecule has 1 aromatic carbocycles. The van der Waals surface area contributed by atoms with Crippen LogP contribution in [0.3, 0.4) is 0 Å². The molecule has 1 aromatic heterocycles. The van der Waals surface area contributed by atoms with Crippen LogP contribution in [0.5, 0.6) is 0 Å². The van der Waals surface area contributed by atoms with E-state index in [9.17, 15) is 14.9 Å². The Kier molecular flexibility index (Phi) is 1.42. The predicted octanol–water partition coefficient (Wildman–Crippen LogP) is 0.565. The summed E-state index contributed by atoms with van der Waals surface area (Å²) in [7, 11) is 0. The van der Waals surface area contributed by atoms with Gasteiger partial charge in [0.1, 0.15) is 0 Å². The lowest BCUT2D eigenvalue weighted by molar-refractivity contribution is -0.385. The van der Waals surface area contributed by atoms with E-state index < -0.39 is 4.92 Å². The molecule has 0 fully saturated rings. The summed E-state index contributed by atoms with van der Waals surface area (Å²) in [6, 6.07) is 5.06. The monoisotopic (exact) mass is 178 g/mol. The van der Waals surface area contributed by atoms with E-state index in [1.165, 1.54) is 12.1 Å². The number of nitro benzene ring substituents is 1. The van der Waals surface area contributed by atoms with Crippen LogP contribution in [0.1, 0.15) is 0 Å². The number of aromatic amines is 2. The molecule has 1 radical (unpaired) electrons. The molecular weight excluding hydrogens is 174 g/mol. The molecule has 6 nitrogen and oxygen atoms in total. The summed E-state index contributed by atoms with van der Waals surface area (Å²) in [5, 5.41) is 10.3. The zero-order valence-corrected chi connectivity index (χ0v) is 6.33. The van der Waals surface area contributed by atoms with Crippen molar-refractivity contribution in [1.82, 2.24) is 9.97 Å². The normalized spacial score (nSPS) is 10.5. The van der Waals surface area contributed by atoms with E-state index in [-0.39, 0.29) is 11.4 Å². The second-order valence-corrected chi connectivity index (χ2v) is 2.48. The van der Waals surface area contributed by atoms with Gasteiger partial charge in [-0.15, -0.1) is 0 Å². The van der Waals surface area contributed by atoms with E-state index in [0.29, 0.717) is 11.0 Å². The summed E-state index contributed by atoms with van der Waals surface area (Å²) in [5.41, 5.74) is 0.373. The highest BCUT2D eigenvalue weighted by Gasteiger charge is 2.07. The Morgan fingerprint density at radius 3 is 2.77 bits per heavy atom. The maximum Gasteiger partial charge on any atom is 0.323 e. The van der Waals surface area contributed by atoms with Gasteiger partial charge in [-0.1, -0.05) is 0 Å². The molecule has 0 aliphatic carbocycles. The molecule has 0 atom stereocenters. The van der Waals surface area contributed by atoms with Crippen molar-refractivity contribution in [2.75, 3.05) is 0 Å². The molecule has 0 saturated carbocycles. The second-order valence-electron chi connectivity index (χ2n) is 2.48. The summed E-state index contributed by atoms with van der Waals surface area (Å²) >= 11 is 0. The van der Waals surface area contributed by atoms with Gasteiger partial charge in [0.25, 0.3) is 5.69 Å². The third kappa shape index (κ3) is 1.18. The highest BCUT2D eigenvalue weighted by Crippen LogP contribution is 2.15. The number of nitrogens with zero attached hydrogens (tertiary/aromatic N) is 1. The van der Waals surface area contributed by atoms with Crippen LogP contribution in [0.4, 0.5) is 5.69 Å². The van der Waals surface area contributed by atoms with Gasteiger partial charge in [-0.2, -0.15) is 0 Å². The maximum absolute atomic E-state index is 10.8. The number of hydrogen-bond acceptors (Lipinski definition) is 3. The zero-order valence-electron chi connectivity index (χ0n) is 6.33. The zero-order chi connectivity index (χ0) is 9.42. The van der Waals surface area contributed by atoms with Crippen LogP contribution < -0.4 is 5.69 Å². The Labute approximate surface area is 71.4 Å². The number of non-ortho nitro benzene ring substituents is 1. The number of benzene rings is 1. The summed E-state index contributed by atoms with van der Waals surface area (Å²) in [6.07, 6.45) is 0. The molecule has 2 aromatic rings. The van der Waals surface area contributed by atoms with Gasteiger partial charge in [0.05, 0.1) is 22.0 Å². The SMILES string of the molecule is O=c1[nH]c2c[c]c([N+](=O)[O-])cc2[nH]1. The first kappa shape index (κ1) is 7.53. The van der Waals surface area contributed by atoms with Crippen LogP contribution >= 0.6 is 0 Å². The highest BCUT2D eigenvalue weighted by atomic mass is 16.6. The van der Waals surface area contributed by atoms with Crippen molar-refractivity contribution in [3.63, 3.8) is 0 Å². The van der Waals surface area contributed by atoms with Crippen LogP contribution in [-0.4, -0.2) is 14.9 Å². The van der Waals surface area contributed by atoms with E-state index >= 15 is 0 Å². The van der Waals surface area contributed by atoms with Gasteiger partial charge < -0.3 is 9.97 Å². The van der Waals surface area contributed by atoms with E-state index in [4.69, 9.17) is 0 Å². The fourth-order valence-electron chi connectivity index (χ4n) is 1.07. The molecule has 2 rings (SSSR count). The molecule has 0 bridgehead atoms. The number of H-pyrrole nitrogens is 2. The first-order valence-corrected chi connectivity index (χ1v) is 3.45. The average molecular weight is 178 g/mol. The van der Waals surface area contributed by atoms with Gasteiger partial charge in [-0.05, 0) is 6.07 Å². The predicted molar refractivity (Wildman–Crippen MR) is 44.4 cm³/mol. The van der Waals surface area contributed by atoms with E-state index in [2.05, 4.69) is 16.0 Å². The minimum Gasteiger partial charge on any atom is -0.306 e. The van der Waals surface area contributed by atoms with Gasteiger partial charge in [0.15, 0.2) is 0 Å². The van der Waals surface area contributed by atoms with E-state index in [0.717, 1.165) is 0 Å². The van der Waals surface area contributed by atoms with Gasteiger partial charge in [0, 0.05) is 6.07 Å². The summed E-state index contributed by atoms with van der Waals surface area (Å²) in [6.45, 7) is 0. The molecule has 2 N–H and O–H groups in total. The number of nitro groups is 1. The fraction of sp³-hybridized carbons (Fsp3) is 0. The minimum absolute atomic E-state index is 0.164. The number of aromatic nitrogens is 2. The number of imidazole rings is 1. The first-order chi connectivity index (χ1) is 6.16. The molecule has 13 heavy (non-hydrogen) atoms. The number of hydrogen-bond donors (Lipinski definition) is 2. The molecule has 65 valence electrons. The van der Waals surface area contributed by atoms with E-state index in [1.54, 1.807) is 0 Å². The van der Waals surface area contributed by atoms with Crippen molar-refractivity contribution in [3.05, 3.63) is 38.8 Å². The quantitative estimate of drug-likeness (QED) is 0.493. The lowest BCUT2D eigenvalue weighted by atomic mass is 10.3. The first-order valence-electron chi connectivity index (χ1n) is 3.45. The average Bonchev–Trinajstić information content (AvgIpc) is 2.42. The van der Waals surface area contributed by atoms with Crippen molar-refractivity contribution in [2.24, 2.45) is 0 Å². The third-order valence-electron chi connectivity index (χ3n) is 1.63. The standard InChI is InChI=1S/C7H4N3O3/c11-7-8-5-2-1-4(10(12)13)3-6(5)9-7/h2-3H,(H2,8,9,11). The number of nitrogens with one attached hydrogen (secondary N) is 2. The van der Waals surface area contributed by atoms with Crippen molar-refractivity contribution in [2.45, 2.75) is 0 Å². The van der Waals surface area contributed by atoms with E-state index in [1.807, 2.05) is 0 Å². The molecule has 1 heterocycles. The Balaban J connectivity index is 2.74. The Morgan fingerprint density at radius 1 is 1.38 bits per heavy atom. The van der Waals surface area contributed by atoms with Crippen LogP contribution in [0.2, 0.25) is 0 Å². The van der Waals surface area contributed by atoms with Gasteiger partial charge in [-0.25, -0.2) is 4.79 Å². The summed E-state index contributed by atoms with van der Waals surface area (Å²) in [4.78, 5) is 25.4. The maximum atomic E-state index is 10.8. The van der Waals surface area contributed by atoms with Crippen molar-refractivity contribution in [3.8, 4) is 0 Å². The summed E-state index contributed by atoms with van der Waals surface area (Å²) < 4.78 is 0. The van der Waals surface area contributed by atoms with Crippen LogP contribution in [0.15, 0.2) is 16.9 Å². The molecule has 0 aliphatic rings. The third-order valence-corrected chi connectivity index (χ3v) is 1.63.